The number of nitrogens with one attached hydrogen (secondary N) is 1. The molecule has 0 aliphatic carbocycles. The molecule has 3 aromatic carbocycles. The first kappa shape index (κ1) is 25.0. The first-order valence-corrected chi connectivity index (χ1v) is 12.4. The highest BCUT2D eigenvalue weighted by Gasteiger charge is 2.27. The Kier molecular flexibility index (Phi) is 7.73. The van der Waals surface area contributed by atoms with Crippen molar-refractivity contribution < 1.29 is 34.5 Å². The number of benzene rings is 3. The van der Waals surface area contributed by atoms with Crippen molar-refractivity contribution in [1.82, 2.24) is 0 Å². The van der Waals surface area contributed by atoms with Crippen LogP contribution in [-0.4, -0.2) is 34.5 Å². The summed E-state index contributed by atoms with van der Waals surface area (Å²) in [5.74, 6) is -1.39. The lowest BCUT2D eigenvalue weighted by atomic mass is 10.2. The van der Waals surface area contributed by atoms with Gasteiger partial charge in [-0.05, 0) is 61.5 Å². The molecular weight excluding hydrogens is 486 g/mol. The highest BCUT2D eigenvalue weighted by molar-refractivity contribution is 7.97. The Bertz CT molecular complexity index is 1410. The molecule has 178 valence electrons. The number of anilines is 2. The highest BCUT2D eigenvalue weighted by atomic mass is 32.3. The van der Waals surface area contributed by atoms with Gasteiger partial charge in [-0.25, -0.2) is 8.98 Å². The second-order valence-corrected chi connectivity index (χ2v) is 9.54. The molecule has 0 spiro atoms. The molecule has 11 nitrogen and oxygen atoms in total. The van der Waals surface area contributed by atoms with Gasteiger partial charge in [0.25, 0.3) is 0 Å². The van der Waals surface area contributed by atoms with E-state index in [-0.39, 0.29) is 17.9 Å². The van der Waals surface area contributed by atoms with Crippen LogP contribution < -0.4 is 5.32 Å². The predicted molar refractivity (Wildman–Crippen MR) is 123 cm³/mol. The molecule has 0 aliphatic heterocycles. The lowest BCUT2D eigenvalue weighted by Crippen LogP contribution is -2.16. The number of hydrogen-bond donors (Lipinski definition) is 2. The Labute approximate surface area is 196 Å². The van der Waals surface area contributed by atoms with Crippen LogP contribution in [0.15, 0.2) is 87.9 Å². The lowest BCUT2D eigenvalue weighted by Gasteiger charge is -2.07. The third-order valence-corrected chi connectivity index (χ3v) is 6.87. The molecule has 0 saturated carbocycles. The highest BCUT2D eigenvalue weighted by Crippen LogP contribution is 2.28. The number of hydrogen-bond acceptors (Lipinski definition) is 10. The van der Waals surface area contributed by atoms with Gasteiger partial charge in [0.2, 0.25) is 0 Å². The Morgan fingerprint density at radius 1 is 0.912 bits per heavy atom. The maximum atomic E-state index is 12.3. The van der Waals surface area contributed by atoms with E-state index in [2.05, 4.69) is 23.4 Å². The SMILES string of the molecule is CCOS(=O)(=O)OS(=O)(=O)c1ccc(C(=O)O)c(N=Nc2ccc(Nc3ccccc3)cc2)c1. The maximum absolute atomic E-state index is 12.3. The minimum atomic E-state index is -4.84. The number of azo groups is 1. The van der Waals surface area contributed by atoms with Crippen LogP contribution in [0, 0.1) is 0 Å². The second-order valence-electron chi connectivity index (χ2n) is 6.56. The molecule has 0 atom stereocenters. The third-order valence-electron chi connectivity index (χ3n) is 4.13. The van der Waals surface area contributed by atoms with Crippen LogP contribution in [0.25, 0.3) is 0 Å². The van der Waals surface area contributed by atoms with Crippen molar-refractivity contribution >= 4 is 49.2 Å². The van der Waals surface area contributed by atoms with Crippen LogP contribution in [-0.2, 0) is 28.3 Å². The summed E-state index contributed by atoms with van der Waals surface area (Å²) in [6, 6.07) is 18.8. The molecule has 2 N–H and O–H groups in total. The van der Waals surface area contributed by atoms with Crippen molar-refractivity contribution in [3.05, 3.63) is 78.4 Å². The molecule has 0 bridgehead atoms. The van der Waals surface area contributed by atoms with Crippen molar-refractivity contribution in [2.75, 3.05) is 11.9 Å². The zero-order valence-corrected chi connectivity index (χ0v) is 19.3. The van der Waals surface area contributed by atoms with Gasteiger partial charge in [0.15, 0.2) is 0 Å². The second kappa shape index (κ2) is 10.5. The summed E-state index contributed by atoms with van der Waals surface area (Å²) in [7, 11) is -9.66. The summed E-state index contributed by atoms with van der Waals surface area (Å²) in [6.07, 6.45) is 0. The van der Waals surface area contributed by atoms with Gasteiger partial charge in [0.1, 0.15) is 5.69 Å². The minimum absolute atomic E-state index is 0.322. The molecule has 0 amide bonds. The number of carboxylic acids is 1. The van der Waals surface area contributed by atoms with E-state index in [9.17, 15) is 26.7 Å². The Balaban J connectivity index is 1.86. The van der Waals surface area contributed by atoms with Crippen LogP contribution in [0.1, 0.15) is 17.3 Å². The van der Waals surface area contributed by atoms with Gasteiger partial charge >= 0.3 is 26.5 Å². The predicted octanol–water partition coefficient (Wildman–Crippen LogP) is 4.53. The van der Waals surface area contributed by atoms with Gasteiger partial charge in [-0.2, -0.15) is 21.9 Å². The molecule has 0 unspecified atom stereocenters. The van der Waals surface area contributed by atoms with E-state index in [1.165, 1.54) is 6.92 Å². The molecule has 3 rings (SSSR count). The van der Waals surface area contributed by atoms with E-state index >= 15 is 0 Å². The summed E-state index contributed by atoms with van der Waals surface area (Å²) >= 11 is 0. The topological polar surface area (TPSA) is 161 Å². The van der Waals surface area contributed by atoms with E-state index in [1.807, 2.05) is 30.3 Å². The van der Waals surface area contributed by atoms with E-state index in [1.54, 1.807) is 24.3 Å². The van der Waals surface area contributed by atoms with Crippen LogP contribution >= 0.6 is 0 Å². The fourth-order valence-corrected chi connectivity index (χ4v) is 4.78. The minimum Gasteiger partial charge on any atom is -0.478 e. The number of aromatic carboxylic acids is 1. The summed E-state index contributed by atoms with van der Waals surface area (Å²) in [6.45, 7) is 0.993. The standard InChI is InChI=1S/C21H19N3O8S2/c1-2-31-34(29,30)32-33(27,28)18-12-13-19(21(25)26)20(14-18)24-23-17-10-8-16(9-11-17)22-15-6-4-3-5-7-15/h3-14,22H,2H2,1H3,(H,25,26). The Morgan fingerprint density at radius 3 is 2.18 bits per heavy atom. The number of carbonyl (C=O) groups is 1. The number of para-hydroxylation sites is 1. The average molecular weight is 506 g/mol. The van der Waals surface area contributed by atoms with Crippen molar-refractivity contribution in [3.8, 4) is 0 Å². The zero-order valence-electron chi connectivity index (χ0n) is 17.7. The molecule has 0 fully saturated rings. The molecule has 0 aromatic heterocycles. The largest absolute Gasteiger partial charge is 0.478 e. The van der Waals surface area contributed by atoms with Gasteiger partial charge in [-0.15, -0.1) is 8.74 Å². The maximum Gasteiger partial charge on any atom is 0.414 e. The zero-order chi connectivity index (χ0) is 24.8. The van der Waals surface area contributed by atoms with Gasteiger partial charge in [-0.1, -0.05) is 18.2 Å². The third kappa shape index (κ3) is 6.68. The quantitative estimate of drug-likeness (QED) is 0.377. The van der Waals surface area contributed by atoms with Crippen LogP contribution in [0.2, 0.25) is 0 Å². The van der Waals surface area contributed by atoms with E-state index in [4.69, 9.17) is 0 Å². The fourth-order valence-electron chi connectivity index (χ4n) is 2.65. The summed E-state index contributed by atoms with van der Waals surface area (Å²) in [5.41, 5.74) is 1.35. The normalized spacial score (nSPS) is 12.0. The van der Waals surface area contributed by atoms with E-state index in [0.29, 0.717) is 5.69 Å². The van der Waals surface area contributed by atoms with Crippen molar-refractivity contribution in [3.63, 3.8) is 0 Å². The molecule has 0 saturated heterocycles. The number of nitrogens with zero attached hydrogens (tertiary/aromatic N) is 2. The molecule has 3 aromatic rings. The molecular formula is C21H19N3O8S2. The van der Waals surface area contributed by atoms with Gasteiger partial charge in [0, 0.05) is 11.4 Å². The Morgan fingerprint density at radius 2 is 1.56 bits per heavy atom. The Hall–Kier alpha value is -3.65. The molecule has 13 heteroatoms. The molecule has 0 aliphatic rings. The van der Waals surface area contributed by atoms with Gasteiger partial charge in [0.05, 0.1) is 22.8 Å². The van der Waals surface area contributed by atoms with Crippen LogP contribution in [0.3, 0.4) is 0 Å². The van der Waals surface area contributed by atoms with Crippen molar-refractivity contribution in [2.24, 2.45) is 10.2 Å². The number of carboxylic acid groups (broad SMARTS) is 1. The van der Waals surface area contributed by atoms with Crippen LogP contribution in [0.4, 0.5) is 22.7 Å². The average Bonchev–Trinajstić information content (AvgIpc) is 2.78. The van der Waals surface area contributed by atoms with Gasteiger partial charge in [-0.3, -0.25) is 0 Å². The molecule has 34 heavy (non-hydrogen) atoms. The lowest BCUT2D eigenvalue weighted by molar-refractivity contribution is 0.0697. The van der Waals surface area contributed by atoms with Crippen molar-refractivity contribution in [1.29, 1.82) is 0 Å². The van der Waals surface area contributed by atoms with E-state index in [0.717, 1.165) is 29.6 Å². The monoisotopic (exact) mass is 505 g/mol. The fraction of sp³-hybridized carbons (Fsp3) is 0.0952. The summed E-state index contributed by atoms with van der Waals surface area (Å²) < 4.78 is 56.1. The van der Waals surface area contributed by atoms with E-state index < -0.39 is 31.4 Å². The van der Waals surface area contributed by atoms with Crippen molar-refractivity contribution in [2.45, 2.75) is 11.8 Å². The first-order valence-electron chi connectivity index (χ1n) is 9.66. The first-order chi connectivity index (χ1) is 16.1. The molecule has 0 radical (unpaired) electrons. The smallest absolute Gasteiger partial charge is 0.414 e. The van der Waals surface area contributed by atoms with Gasteiger partial charge < -0.3 is 10.4 Å². The van der Waals surface area contributed by atoms with Crippen LogP contribution in [0.5, 0.6) is 0 Å². The summed E-state index contributed by atoms with van der Waals surface area (Å²) in [5, 5.41) is 20.4. The summed E-state index contributed by atoms with van der Waals surface area (Å²) in [4.78, 5) is 10.9. The molecule has 0 heterocycles. The number of rotatable bonds is 10.